The SMILES string of the molecule is CNc1nc(NC(C)=O)nc2c1ncn2[C@@H]1O[C@H](COC(C)=O)[C@@H](O)[C@@H]1C. The molecule has 0 bridgehead atoms. The summed E-state index contributed by atoms with van der Waals surface area (Å²) in [7, 11) is 1.69. The van der Waals surface area contributed by atoms with E-state index < -0.39 is 24.4 Å². The largest absolute Gasteiger partial charge is 0.463 e. The second-order valence-electron chi connectivity index (χ2n) is 6.37. The van der Waals surface area contributed by atoms with Crippen LogP contribution >= 0.6 is 0 Å². The van der Waals surface area contributed by atoms with Crippen molar-refractivity contribution in [3.8, 4) is 0 Å². The van der Waals surface area contributed by atoms with Gasteiger partial charge >= 0.3 is 5.97 Å². The number of hydrogen-bond donors (Lipinski definition) is 3. The molecule has 1 saturated heterocycles. The average molecular weight is 378 g/mol. The second kappa shape index (κ2) is 7.45. The zero-order valence-electron chi connectivity index (χ0n) is 15.5. The first kappa shape index (κ1) is 19.0. The first-order valence-corrected chi connectivity index (χ1v) is 8.48. The Morgan fingerprint density at radius 3 is 2.74 bits per heavy atom. The summed E-state index contributed by atoms with van der Waals surface area (Å²) in [6.45, 7) is 4.44. The Bertz CT molecular complexity index is 868. The lowest BCUT2D eigenvalue weighted by Gasteiger charge is -2.17. The van der Waals surface area contributed by atoms with E-state index >= 15 is 0 Å². The number of hydrogen-bond acceptors (Lipinski definition) is 9. The van der Waals surface area contributed by atoms with E-state index in [9.17, 15) is 14.7 Å². The van der Waals surface area contributed by atoms with Gasteiger partial charge in [-0.2, -0.15) is 9.97 Å². The van der Waals surface area contributed by atoms with Crippen LogP contribution in [0.1, 0.15) is 27.0 Å². The summed E-state index contributed by atoms with van der Waals surface area (Å²) in [6, 6.07) is 0. The summed E-state index contributed by atoms with van der Waals surface area (Å²) >= 11 is 0. The predicted octanol–water partition coefficient (Wildman–Crippen LogP) is 0.284. The Balaban J connectivity index is 1.96. The Labute approximate surface area is 155 Å². The minimum absolute atomic E-state index is 0.0438. The lowest BCUT2D eigenvalue weighted by Crippen LogP contribution is -2.30. The zero-order valence-corrected chi connectivity index (χ0v) is 15.5. The van der Waals surface area contributed by atoms with Crippen molar-refractivity contribution >= 4 is 34.8 Å². The highest BCUT2D eigenvalue weighted by atomic mass is 16.6. The van der Waals surface area contributed by atoms with Crippen molar-refractivity contribution in [1.29, 1.82) is 0 Å². The molecular weight excluding hydrogens is 356 g/mol. The van der Waals surface area contributed by atoms with Crippen molar-refractivity contribution in [3.63, 3.8) is 0 Å². The summed E-state index contributed by atoms with van der Waals surface area (Å²) in [5.74, 6) is -0.472. The van der Waals surface area contributed by atoms with Gasteiger partial charge < -0.3 is 19.9 Å². The summed E-state index contributed by atoms with van der Waals surface area (Å²) in [5, 5.41) is 15.9. The highest BCUT2D eigenvalue weighted by Gasteiger charge is 2.43. The van der Waals surface area contributed by atoms with E-state index in [1.54, 1.807) is 17.9 Å². The third kappa shape index (κ3) is 3.69. The number of amides is 1. The molecule has 0 aromatic carbocycles. The Morgan fingerprint density at radius 1 is 1.37 bits per heavy atom. The molecule has 3 rings (SSSR count). The molecule has 0 aliphatic carbocycles. The molecule has 1 fully saturated rings. The van der Waals surface area contributed by atoms with Crippen molar-refractivity contribution < 1.29 is 24.2 Å². The van der Waals surface area contributed by atoms with E-state index in [0.29, 0.717) is 17.0 Å². The topological polar surface area (TPSA) is 140 Å². The van der Waals surface area contributed by atoms with Gasteiger partial charge in [0.05, 0.1) is 12.4 Å². The number of aliphatic hydroxyl groups excluding tert-OH is 1. The number of carbonyl (C=O) groups is 2. The number of ether oxygens (including phenoxy) is 2. The number of nitrogens with zero attached hydrogens (tertiary/aromatic N) is 4. The molecule has 1 aliphatic rings. The Kier molecular flexibility index (Phi) is 5.24. The van der Waals surface area contributed by atoms with Crippen molar-refractivity contribution in [3.05, 3.63) is 6.33 Å². The zero-order chi connectivity index (χ0) is 19.7. The molecule has 27 heavy (non-hydrogen) atoms. The number of aliphatic hydroxyl groups is 1. The van der Waals surface area contributed by atoms with Crippen LogP contribution in [0.15, 0.2) is 6.33 Å². The lowest BCUT2D eigenvalue weighted by atomic mass is 10.0. The number of anilines is 2. The summed E-state index contributed by atoms with van der Waals surface area (Å²) in [6.07, 6.45) is -0.519. The summed E-state index contributed by atoms with van der Waals surface area (Å²) in [5.41, 5.74) is 0.940. The quantitative estimate of drug-likeness (QED) is 0.626. The number of carbonyl (C=O) groups excluding carboxylic acids is 2. The number of esters is 1. The molecule has 3 heterocycles. The van der Waals surface area contributed by atoms with Crippen LogP contribution in [0.4, 0.5) is 11.8 Å². The van der Waals surface area contributed by atoms with Crippen LogP contribution in [-0.2, 0) is 19.1 Å². The molecule has 0 saturated carbocycles. The van der Waals surface area contributed by atoms with Gasteiger partial charge in [0.2, 0.25) is 11.9 Å². The normalized spacial score (nSPS) is 24.8. The number of imidazole rings is 1. The van der Waals surface area contributed by atoms with Crippen molar-refractivity contribution in [2.75, 3.05) is 24.3 Å². The van der Waals surface area contributed by atoms with E-state index in [4.69, 9.17) is 9.47 Å². The van der Waals surface area contributed by atoms with Gasteiger partial charge in [-0.25, -0.2) is 4.98 Å². The van der Waals surface area contributed by atoms with Crippen LogP contribution in [-0.4, -0.2) is 62.4 Å². The fraction of sp³-hybridized carbons (Fsp3) is 0.562. The van der Waals surface area contributed by atoms with Gasteiger partial charge in [0.15, 0.2) is 17.0 Å². The number of nitrogens with one attached hydrogen (secondary N) is 2. The molecule has 146 valence electrons. The molecule has 2 aromatic rings. The standard InChI is InChI=1S/C16H22N6O5/c1-7-12(25)10(5-26-9(3)24)27-15(7)22-6-18-11-13(17-4)20-16(19-8(2)23)21-14(11)22/h6-7,10,12,15,25H,5H2,1-4H3,(H2,17,19,20,21,23)/t7-,10+,12-,15+/m0/s1. The molecule has 2 aromatic heterocycles. The van der Waals surface area contributed by atoms with Gasteiger partial charge in [-0.3, -0.25) is 19.5 Å². The van der Waals surface area contributed by atoms with E-state index in [1.807, 2.05) is 6.92 Å². The van der Waals surface area contributed by atoms with Crippen LogP contribution in [0.25, 0.3) is 11.2 Å². The minimum Gasteiger partial charge on any atom is -0.463 e. The van der Waals surface area contributed by atoms with Gasteiger partial charge in [-0.05, 0) is 0 Å². The highest BCUT2D eigenvalue weighted by Crippen LogP contribution is 2.37. The maximum atomic E-state index is 11.4. The maximum Gasteiger partial charge on any atom is 0.302 e. The molecular formula is C16H22N6O5. The fourth-order valence-electron chi connectivity index (χ4n) is 3.04. The monoisotopic (exact) mass is 378 g/mol. The van der Waals surface area contributed by atoms with Crippen LogP contribution in [0.5, 0.6) is 0 Å². The Morgan fingerprint density at radius 2 is 2.11 bits per heavy atom. The Hall–Kier alpha value is -2.79. The van der Waals surface area contributed by atoms with Gasteiger partial charge in [0, 0.05) is 26.8 Å². The minimum atomic E-state index is -0.827. The second-order valence-corrected chi connectivity index (χ2v) is 6.37. The van der Waals surface area contributed by atoms with Gasteiger partial charge in [0.1, 0.15) is 18.9 Å². The predicted molar refractivity (Wildman–Crippen MR) is 94.9 cm³/mol. The van der Waals surface area contributed by atoms with Crippen LogP contribution in [0, 0.1) is 5.92 Å². The highest BCUT2D eigenvalue weighted by molar-refractivity contribution is 5.90. The van der Waals surface area contributed by atoms with Crippen LogP contribution < -0.4 is 10.6 Å². The van der Waals surface area contributed by atoms with Crippen molar-refractivity contribution in [1.82, 2.24) is 19.5 Å². The van der Waals surface area contributed by atoms with Gasteiger partial charge in [-0.15, -0.1) is 0 Å². The van der Waals surface area contributed by atoms with Gasteiger partial charge in [0.25, 0.3) is 0 Å². The smallest absolute Gasteiger partial charge is 0.302 e. The summed E-state index contributed by atoms with van der Waals surface area (Å²) < 4.78 is 12.5. The molecule has 3 N–H and O–H groups in total. The molecule has 0 spiro atoms. The molecule has 4 atom stereocenters. The molecule has 11 heteroatoms. The van der Waals surface area contributed by atoms with Crippen LogP contribution in [0.2, 0.25) is 0 Å². The van der Waals surface area contributed by atoms with E-state index in [1.165, 1.54) is 13.8 Å². The first-order valence-electron chi connectivity index (χ1n) is 8.48. The molecule has 0 unspecified atom stereocenters. The average Bonchev–Trinajstić information content (AvgIpc) is 3.14. The number of aromatic nitrogens is 4. The van der Waals surface area contributed by atoms with Crippen LogP contribution in [0.3, 0.4) is 0 Å². The van der Waals surface area contributed by atoms with E-state index in [2.05, 4.69) is 25.6 Å². The van der Waals surface area contributed by atoms with Gasteiger partial charge in [-0.1, -0.05) is 6.92 Å². The number of fused-ring (bicyclic) bond motifs is 1. The molecule has 0 radical (unpaired) electrons. The maximum absolute atomic E-state index is 11.4. The van der Waals surface area contributed by atoms with E-state index in [-0.39, 0.29) is 24.4 Å². The first-order chi connectivity index (χ1) is 12.8. The van der Waals surface area contributed by atoms with E-state index in [0.717, 1.165) is 0 Å². The summed E-state index contributed by atoms with van der Waals surface area (Å²) in [4.78, 5) is 35.3. The fourth-order valence-corrected chi connectivity index (χ4v) is 3.04. The third-order valence-electron chi connectivity index (χ3n) is 4.35. The van der Waals surface area contributed by atoms with Crippen molar-refractivity contribution in [2.24, 2.45) is 5.92 Å². The number of rotatable bonds is 5. The third-order valence-corrected chi connectivity index (χ3v) is 4.35. The molecule has 1 aliphatic heterocycles. The molecule has 11 nitrogen and oxygen atoms in total. The lowest BCUT2D eigenvalue weighted by molar-refractivity contribution is -0.147. The molecule has 1 amide bonds. The van der Waals surface area contributed by atoms with Crippen molar-refractivity contribution in [2.45, 2.75) is 39.2 Å².